The average molecular weight is 505 g/mol. The number of thioether (sulfide) groups is 1. The zero-order valence-corrected chi connectivity index (χ0v) is 21.4. The van der Waals surface area contributed by atoms with Gasteiger partial charge in [-0.1, -0.05) is 37.2 Å². The summed E-state index contributed by atoms with van der Waals surface area (Å²) >= 11 is 7.37. The fourth-order valence-electron chi connectivity index (χ4n) is 3.25. The van der Waals surface area contributed by atoms with E-state index >= 15 is 0 Å². The minimum Gasteiger partial charge on any atom is -0.497 e. The number of benzene rings is 2. The fourth-order valence-corrected chi connectivity index (χ4v) is 4.18. The van der Waals surface area contributed by atoms with E-state index in [1.807, 2.05) is 35.8 Å². The molecule has 0 bridgehead atoms. The van der Waals surface area contributed by atoms with Gasteiger partial charge in [0.2, 0.25) is 5.91 Å². The van der Waals surface area contributed by atoms with Gasteiger partial charge in [-0.25, -0.2) is 0 Å². The van der Waals surface area contributed by atoms with Crippen LogP contribution in [0, 0.1) is 5.92 Å². The van der Waals surface area contributed by atoms with Crippen LogP contribution in [0.25, 0.3) is 0 Å². The number of hydrogen-bond acceptors (Lipinski definition) is 7. The van der Waals surface area contributed by atoms with Crippen molar-refractivity contribution in [1.82, 2.24) is 14.8 Å². The first-order valence-corrected chi connectivity index (χ1v) is 12.2. The molecule has 0 fully saturated rings. The number of nitrogens with one attached hydrogen (secondary N) is 1. The maximum atomic E-state index is 12.6. The molecular formula is C24H29ClN4O4S. The summed E-state index contributed by atoms with van der Waals surface area (Å²) in [6, 6.07) is 12.5. The van der Waals surface area contributed by atoms with Crippen molar-refractivity contribution in [3.05, 3.63) is 53.3 Å². The van der Waals surface area contributed by atoms with Gasteiger partial charge in [-0.3, -0.25) is 4.79 Å². The summed E-state index contributed by atoms with van der Waals surface area (Å²) in [6.07, 6.45) is -0.335. The second kappa shape index (κ2) is 12.0. The number of amides is 1. The third kappa shape index (κ3) is 6.80. The highest BCUT2D eigenvalue weighted by Crippen LogP contribution is 2.29. The molecule has 1 amide bonds. The van der Waals surface area contributed by atoms with Crippen molar-refractivity contribution in [3.8, 4) is 17.2 Å². The summed E-state index contributed by atoms with van der Waals surface area (Å²) in [7, 11) is 3.16. The Morgan fingerprint density at radius 3 is 2.41 bits per heavy atom. The number of anilines is 1. The molecule has 3 aromatic rings. The quantitative estimate of drug-likeness (QED) is 0.346. The lowest BCUT2D eigenvalue weighted by molar-refractivity contribution is -0.113. The van der Waals surface area contributed by atoms with Crippen molar-refractivity contribution >= 4 is 35.0 Å². The molecule has 1 heterocycles. The fraction of sp³-hybridized carbons (Fsp3) is 0.375. The molecule has 8 nitrogen and oxygen atoms in total. The Balaban J connectivity index is 1.70. The Bertz CT molecular complexity index is 1100. The van der Waals surface area contributed by atoms with Crippen LogP contribution in [-0.2, 0) is 11.3 Å². The molecule has 34 heavy (non-hydrogen) atoms. The third-order valence-corrected chi connectivity index (χ3v) is 6.00. The smallest absolute Gasteiger partial charge is 0.234 e. The lowest BCUT2D eigenvalue weighted by atomic mass is 10.2. The van der Waals surface area contributed by atoms with E-state index in [0.717, 1.165) is 5.75 Å². The van der Waals surface area contributed by atoms with Gasteiger partial charge in [-0.05, 0) is 55.3 Å². The van der Waals surface area contributed by atoms with Gasteiger partial charge in [0.05, 0.1) is 25.7 Å². The highest BCUT2D eigenvalue weighted by molar-refractivity contribution is 7.99. The van der Waals surface area contributed by atoms with Gasteiger partial charge in [0.15, 0.2) is 17.1 Å². The molecule has 2 aromatic carbocycles. The van der Waals surface area contributed by atoms with Gasteiger partial charge in [-0.15, -0.1) is 10.2 Å². The Hall–Kier alpha value is -2.91. The van der Waals surface area contributed by atoms with Crippen LogP contribution in [0.5, 0.6) is 17.2 Å². The summed E-state index contributed by atoms with van der Waals surface area (Å²) in [5, 5.41) is 12.7. The predicted octanol–water partition coefficient (Wildman–Crippen LogP) is 5.48. The van der Waals surface area contributed by atoms with Crippen molar-refractivity contribution in [3.63, 3.8) is 0 Å². The molecule has 0 radical (unpaired) electrons. The highest BCUT2D eigenvalue weighted by atomic mass is 35.5. The monoisotopic (exact) mass is 504 g/mol. The highest BCUT2D eigenvalue weighted by Gasteiger charge is 2.21. The SMILES string of the molecule is COc1ccc(OC(C)c2nnc(SCC(=O)Nc3cc(Cl)ccc3OC)n2CC(C)C)cc1. The first-order valence-electron chi connectivity index (χ1n) is 10.8. The number of carbonyl (C=O) groups is 1. The van der Waals surface area contributed by atoms with E-state index < -0.39 is 0 Å². The standard InChI is InChI=1S/C24H29ClN4O4S/c1-15(2)13-29-23(16(3)33-19-9-7-18(31-4)8-10-19)27-28-24(29)34-14-22(30)26-20-12-17(25)6-11-21(20)32-5/h6-12,15-16H,13-14H2,1-5H3,(H,26,30). The molecule has 182 valence electrons. The van der Waals surface area contributed by atoms with Crippen molar-refractivity contribution < 1.29 is 19.0 Å². The predicted molar refractivity (Wildman–Crippen MR) is 134 cm³/mol. The molecule has 0 aliphatic rings. The molecule has 1 unspecified atom stereocenters. The van der Waals surface area contributed by atoms with E-state index in [9.17, 15) is 4.79 Å². The van der Waals surface area contributed by atoms with E-state index in [-0.39, 0.29) is 17.8 Å². The van der Waals surface area contributed by atoms with E-state index in [1.165, 1.54) is 11.8 Å². The van der Waals surface area contributed by atoms with E-state index in [0.29, 0.717) is 45.7 Å². The Morgan fingerprint density at radius 1 is 1.06 bits per heavy atom. The van der Waals surface area contributed by atoms with Gasteiger partial charge in [0.25, 0.3) is 0 Å². The minimum atomic E-state index is -0.335. The normalized spacial score (nSPS) is 11.9. The van der Waals surface area contributed by atoms with Crippen LogP contribution >= 0.6 is 23.4 Å². The molecular weight excluding hydrogens is 476 g/mol. The second-order valence-corrected chi connectivity index (χ2v) is 9.34. The molecule has 3 rings (SSSR count). The average Bonchev–Trinajstić information content (AvgIpc) is 3.20. The minimum absolute atomic E-state index is 0.152. The molecule has 1 aromatic heterocycles. The second-order valence-electron chi connectivity index (χ2n) is 7.96. The molecule has 1 atom stereocenters. The van der Waals surface area contributed by atoms with Gasteiger partial charge in [0.1, 0.15) is 17.2 Å². The lowest BCUT2D eigenvalue weighted by Gasteiger charge is -2.18. The van der Waals surface area contributed by atoms with Crippen LogP contribution in [0.15, 0.2) is 47.6 Å². The first kappa shape index (κ1) is 25.7. The zero-order chi connectivity index (χ0) is 24.7. The van der Waals surface area contributed by atoms with Crippen molar-refractivity contribution in [2.24, 2.45) is 5.92 Å². The lowest BCUT2D eigenvalue weighted by Crippen LogP contribution is -2.17. The van der Waals surface area contributed by atoms with Gasteiger partial charge >= 0.3 is 0 Å². The Labute approximate surface area is 209 Å². The largest absolute Gasteiger partial charge is 0.497 e. The number of nitrogens with zero attached hydrogens (tertiary/aromatic N) is 3. The van der Waals surface area contributed by atoms with Crippen LogP contribution in [0.3, 0.4) is 0 Å². The van der Waals surface area contributed by atoms with Gasteiger partial charge < -0.3 is 24.1 Å². The van der Waals surface area contributed by atoms with E-state index in [1.54, 1.807) is 32.4 Å². The molecule has 0 saturated heterocycles. The number of ether oxygens (including phenoxy) is 3. The van der Waals surface area contributed by atoms with Crippen LogP contribution in [-0.4, -0.2) is 40.6 Å². The van der Waals surface area contributed by atoms with Crippen molar-refractivity contribution in [2.75, 3.05) is 25.3 Å². The molecule has 1 N–H and O–H groups in total. The summed E-state index contributed by atoms with van der Waals surface area (Å²) in [5.41, 5.74) is 0.520. The van der Waals surface area contributed by atoms with Crippen LogP contribution in [0.2, 0.25) is 5.02 Å². The maximum absolute atomic E-state index is 12.6. The number of methoxy groups -OCH3 is 2. The molecule has 0 spiro atoms. The third-order valence-electron chi connectivity index (χ3n) is 4.80. The number of rotatable bonds is 11. The summed E-state index contributed by atoms with van der Waals surface area (Å²) < 4.78 is 18.6. The van der Waals surface area contributed by atoms with Crippen molar-refractivity contribution in [2.45, 2.75) is 38.6 Å². The van der Waals surface area contributed by atoms with E-state index in [4.69, 9.17) is 25.8 Å². The number of carbonyl (C=O) groups excluding carboxylic acids is 1. The summed E-state index contributed by atoms with van der Waals surface area (Å²) in [4.78, 5) is 12.6. The van der Waals surface area contributed by atoms with Crippen LogP contribution in [0.1, 0.15) is 32.7 Å². The maximum Gasteiger partial charge on any atom is 0.234 e. The summed E-state index contributed by atoms with van der Waals surface area (Å²) in [5.74, 6) is 3.01. The molecule has 0 aliphatic carbocycles. The van der Waals surface area contributed by atoms with Gasteiger partial charge in [-0.2, -0.15) is 0 Å². The number of aromatic nitrogens is 3. The molecule has 0 saturated carbocycles. The zero-order valence-electron chi connectivity index (χ0n) is 19.9. The molecule has 0 aliphatic heterocycles. The first-order chi connectivity index (χ1) is 16.3. The Morgan fingerprint density at radius 2 is 1.76 bits per heavy atom. The van der Waals surface area contributed by atoms with Crippen molar-refractivity contribution in [1.29, 1.82) is 0 Å². The topological polar surface area (TPSA) is 87.5 Å². The molecule has 10 heteroatoms. The van der Waals surface area contributed by atoms with Gasteiger partial charge in [0, 0.05) is 11.6 Å². The van der Waals surface area contributed by atoms with Crippen LogP contribution < -0.4 is 19.5 Å². The number of halogens is 1. The number of hydrogen-bond donors (Lipinski definition) is 1. The summed E-state index contributed by atoms with van der Waals surface area (Å²) in [6.45, 7) is 6.86. The Kier molecular flexibility index (Phi) is 9.06. The van der Waals surface area contributed by atoms with E-state index in [2.05, 4.69) is 29.4 Å². The van der Waals surface area contributed by atoms with Crippen LogP contribution in [0.4, 0.5) is 5.69 Å².